The van der Waals surface area contributed by atoms with E-state index in [2.05, 4.69) is 13.8 Å². The molecule has 0 aromatic heterocycles. The number of fused-ring (bicyclic) bond motifs is 5. The predicted molar refractivity (Wildman–Crippen MR) is 114 cm³/mol. The third-order valence-corrected chi connectivity index (χ3v) is 8.51. The van der Waals surface area contributed by atoms with Crippen LogP contribution in [-0.4, -0.2) is 46.4 Å². The van der Waals surface area contributed by atoms with Crippen molar-refractivity contribution in [3.63, 3.8) is 0 Å². The Bertz CT molecular complexity index is 887. The predicted octanol–water partition coefficient (Wildman–Crippen LogP) is 2.71. The van der Waals surface area contributed by atoms with Gasteiger partial charge in [0, 0.05) is 17.3 Å². The highest BCUT2D eigenvalue weighted by molar-refractivity contribution is 6.01. The topological polar surface area (TPSA) is 118 Å². The largest absolute Gasteiger partial charge is 0.481 e. The smallest absolute Gasteiger partial charge is 0.306 e. The van der Waals surface area contributed by atoms with Crippen LogP contribution in [0.2, 0.25) is 0 Å². The van der Waals surface area contributed by atoms with Crippen molar-refractivity contribution in [1.82, 2.24) is 0 Å². The molecule has 32 heavy (non-hydrogen) atoms. The number of aliphatic hydroxyl groups is 1. The zero-order valence-electron chi connectivity index (χ0n) is 18.7. The van der Waals surface area contributed by atoms with E-state index in [4.69, 9.17) is 9.84 Å². The average molecular weight is 445 g/mol. The van der Waals surface area contributed by atoms with Gasteiger partial charge in [-0.1, -0.05) is 25.5 Å². The summed E-state index contributed by atoms with van der Waals surface area (Å²) in [5.41, 5.74) is 0.769. The number of carboxylic acids is 1. The molecule has 2 N–H and O–H groups in total. The number of allylic oxidation sites excluding steroid dienone is 4. The number of esters is 1. The number of hydrogen-bond acceptors (Lipinski definition) is 6. The van der Waals surface area contributed by atoms with Gasteiger partial charge in [0.15, 0.2) is 11.6 Å². The lowest BCUT2D eigenvalue weighted by atomic mass is 9.48. The monoisotopic (exact) mass is 444 g/mol. The van der Waals surface area contributed by atoms with E-state index in [9.17, 15) is 24.3 Å². The maximum absolute atomic E-state index is 12.9. The highest BCUT2D eigenvalue weighted by Gasteiger charge is 2.59. The van der Waals surface area contributed by atoms with Crippen LogP contribution >= 0.6 is 0 Å². The normalized spacial score (nSPS) is 40.0. The molecule has 0 amide bonds. The molecule has 0 spiro atoms. The first-order valence-corrected chi connectivity index (χ1v) is 11.6. The number of carboxylic acid groups (broad SMARTS) is 1. The van der Waals surface area contributed by atoms with Gasteiger partial charge in [-0.2, -0.15) is 0 Å². The summed E-state index contributed by atoms with van der Waals surface area (Å²) < 4.78 is 5.03. The average Bonchev–Trinajstić information content (AvgIpc) is 3.15. The third-order valence-electron chi connectivity index (χ3n) is 8.51. The molecular weight excluding hydrogens is 412 g/mol. The van der Waals surface area contributed by atoms with Crippen molar-refractivity contribution in [3.05, 3.63) is 23.8 Å². The number of carbonyl (C=O) groups excluding carboxylic acids is 3. The zero-order valence-corrected chi connectivity index (χ0v) is 18.7. The second kappa shape index (κ2) is 8.58. The van der Waals surface area contributed by atoms with E-state index >= 15 is 0 Å². The molecule has 0 aliphatic heterocycles. The van der Waals surface area contributed by atoms with Crippen LogP contribution in [0.25, 0.3) is 0 Å². The van der Waals surface area contributed by atoms with Crippen molar-refractivity contribution in [2.24, 2.45) is 40.9 Å². The summed E-state index contributed by atoms with van der Waals surface area (Å²) in [4.78, 5) is 47.2. The SMILES string of the molecule is C[C@H]1C[C@H]2[C@@H]3CC[C@H](C(=O)COC(=O)CCC(=O)O)[C@@H]3C[C@H](O)[C@@H]2[C@@]2(C)C=CC(=O)C=C12. The number of ether oxygens (including phenoxy) is 1. The number of aliphatic hydroxyl groups excluding tert-OH is 1. The van der Waals surface area contributed by atoms with E-state index in [0.717, 1.165) is 24.8 Å². The molecule has 0 aromatic carbocycles. The fourth-order valence-electron chi connectivity index (χ4n) is 7.27. The van der Waals surface area contributed by atoms with Crippen LogP contribution < -0.4 is 0 Å². The number of Topliss-reactive ketones (excluding diaryl/α,β-unsaturated/α-hetero) is 1. The molecular formula is C25H32O7. The van der Waals surface area contributed by atoms with Crippen LogP contribution in [0.5, 0.6) is 0 Å². The Morgan fingerprint density at radius 3 is 2.59 bits per heavy atom. The first kappa shape index (κ1) is 22.9. The summed E-state index contributed by atoms with van der Waals surface area (Å²) in [7, 11) is 0. The van der Waals surface area contributed by atoms with Crippen LogP contribution in [0.4, 0.5) is 0 Å². The van der Waals surface area contributed by atoms with Gasteiger partial charge in [0.1, 0.15) is 6.61 Å². The van der Waals surface area contributed by atoms with Crippen LogP contribution in [-0.2, 0) is 23.9 Å². The molecule has 0 unspecified atom stereocenters. The maximum atomic E-state index is 12.9. The lowest BCUT2D eigenvalue weighted by Crippen LogP contribution is -2.54. The van der Waals surface area contributed by atoms with Gasteiger partial charge in [0.25, 0.3) is 0 Å². The summed E-state index contributed by atoms with van der Waals surface area (Å²) in [6.45, 7) is 3.95. The standard InChI is InChI=1S/C25H32O7/c1-13-9-18-15-3-4-16(21(28)12-32-23(31)6-5-22(29)30)17(15)11-20(27)24(18)25(2)8-7-14(26)10-19(13)25/h7-8,10,13,15-18,20,24,27H,3-6,9,11-12H2,1-2H3,(H,29,30)/t13-,15+,16-,17+,18-,20-,24+,25-/m0/s1. The molecule has 0 radical (unpaired) electrons. The Morgan fingerprint density at radius 1 is 1.12 bits per heavy atom. The highest BCUT2D eigenvalue weighted by atomic mass is 16.5. The molecule has 0 aromatic rings. The summed E-state index contributed by atoms with van der Waals surface area (Å²) >= 11 is 0. The molecule has 4 rings (SSSR count). The first-order chi connectivity index (χ1) is 15.1. The number of aliphatic carboxylic acids is 1. The number of ketones is 2. The van der Waals surface area contributed by atoms with Gasteiger partial charge in [-0.25, -0.2) is 0 Å². The van der Waals surface area contributed by atoms with E-state index in [1.807, 2.05) is 6.08 Å². The molecule has 0 bridgehead atoms. The van der Waals surface area contributed by atoms with Crippen molar-refractivity contribution >= 4 is 23.5 Å². The zero-order chi connectivity index (χ0) is 23.2. The van der Waals surface area contributed by atoms with Crippen molar-refractivity contribution in [3.8, 4) is 0 Å². The Hall–Kier alpha value is -2.28. The Morgan fingerprint density at radius 2 is 1.88 bits per heavy atom. The fourth-order valence-corrected chi connectivity index (χ4v) is 7.27. The number of carbonyl (C=O) groups is 4. The Balaban J connectivity index is 1.46. The molecule has 7 heteroatoms. The maximum Gasteiger partial charge on any atom is 0.306 e. The molecule has 174 valence electrons. The minimum absolute atomic E-state index is 0.00961. The van der Waals surface area contributed by atoms with Gasteiger partial charge >= 0.3 is 11.9 Å². The first-order valence-electron chi connectivity index (χ1n) is 11.6. The summed E-state index contributed by atoms with van der Waals surface area (Å²) in [5, 5.41) is 19.9. The van der Waals surface area contributed by atoms with Gasteiger partial charge < -0.3 is 14.9 Å². The van der Waals surface area contributed by atoms with Gasteiger partial charge in [-0.05, 0) is 61.5 Å². The second-order valence-corrected chi connectivity index (χ2v) is 10.3. The molecule has 4 aliphatic rings. The van der Waals surface area contributed by atoms with E-state index in [0.29, 0.717) is 12.3 Å². The molecule has 4 aliphatic carbocycles. The molecule has 7 nitrogen and oxygen atoms in total. The van der Waals surface area contributed by atoms with Gasteiger partial charge in [-0.15, -0.1) is 0 Å². The van der Waals surface area contributed by atoms with Gasteiger partial charge in [0.2, 0.25) is 0 Å². The summed E-state index contributed by atoms with van der Waals surface area (Å²) in [6, 6.07) is 0. The van der Waals surface area contributed by atoms with Gasteiger partial charge in [0.05, 0.1) is 18.9 Å². The summed E-state index contributed by atoms with van der Waals surface area (Å²) in [6.07, 6.45) is 7.29. The lowest BCUT2D eigenvalue weighted by Gasteiger charge is -2.57. The molecule has 0 saturated heterocycles. The van der Waals surface area contributed by atoms with E-state index in [1.165, 1.54) is 0 Å². The summed E-state index contributed by atoms with van der Waals surface area (Å²) in [5.74, 6) is -1.19. The van der Waals surface area contributed by atoms with Crippen LogP contribution in [0, 0.1) is 40.9 Å². The quantitative estimate of drug-likeness (QED) is 0.605. The van der Waals surface area contributed by atoms with Crippen LogP contribution in [0.15, 0.2) is 23.8 Å². The van der Waals surface area contributed by atoms with E-state index in [-0.39, 0.29) is 66.0 Å². The van der Waals surface area contributed by atoms with Crippen molar-refractivity contribution < 1.29 is 34.1 Å². The van der Waals surface area contributed by atoms with Crippen molar-refractivity contribution in [2.45, 2.75) is 58.5 Å². The molecule has 3 fully saturated rings. The minimum Gasteiger partial charge on any atom is -0.481 e. The Kier molecular flexibility index (Phi) is 6.14. The van der Waals surface area contributed by atoms with Crippen LogP contribution in [0.1, 0.15) is 52.4 Å². The van der Waals surface area contributed by atoms with Crippen molar-refractivity contribution in [1.29, 1.82) is 0 Å². The van der Waals surface area contributed by atoms with E-state index in [1.54, 1.807) is 12.2 Å². The highest BCUT2D eigenvalue weighted by Crippen LogP contribution is 2.62. The molecule has 0 heterocycles. The fraction of sp³-hybridized carbons (Fsp3) is 0.680. The van der Waals surface area contributed by atoms with Crippen molar-refractivity contribution in [2.75, 3.05) is 6.61 Å². The number of hydrogen-bond donors (Lipinski definition) is 2. The third kappa shape index (κ3) is 3.96. The second-order valence-electron chi connectivity index (χ2n) is 10.3. The van der Waals surface area contributed by atoms with Crippen LogP contribution in [0.3, 0.4) is 0 Å². The number of rotatable bonds is 6. The lowest BCUT2D eigenvalue weighted by molar-refractivity contribution is -0.152. The molecule has 3 saturated carbocycles. The molecule has 8 atom stereocenters. The van der Waals surface area contributed by atoms with Gasteiger partial charge in [-0.3, -0.25) is 19.2 Å². The van der Waals surface area contributed by atoms with E-state index < -0.39 is 18.0 Å². The minimum atomic E-state index is -1.08. The Labute approximate surface area is 187 Å².